The number of pyridine rings is 1. The number of nitrogens with zero attached hydrogens (tertiary/aromatic N) is 3. The number of halogens is 1. The van der Waals surface area contributed by atoms with Gasteiger partial charge in [0, 0.05) is 11.1 Å². The van der Waals surface area contributed by atoms with Gasteiger partial charge in [-0.1, -0.05) is 43.6 Å². The predicted octanol–water partition coefficient (Wildman–Crippen LogP) is 4.33. The molecule has 0 aliphatic heterocycles. The molecule has 0 saturated carbocycles. The zero-order valence-corrected chi connectivity index (χ0v) is 17.2. The lowest BCUT2D eigenvalue weighted by atomic mass is 9.75. The molecule has 2 heterocycles. The van der Waals surface area contributed by atoms with Gasteiger partial charge in [0.15, 0.2) is 11.3 Å². The monoisotopic (exact) mass is 409 g/mol. The first-order valence-electron chi connectivity index (χ1n) is 9.38. The van der Waals surface area contributed by atoms with Crippen molar-refractivity contribution in [2.75, 3.05) is 6.61 Å². The minimum Gasteiger partial charge on any atom is -0.461 e. The Bertz CT molecular complexity index is 1160. The van der Waals surface area contributed by atoms with E-state index in [9.17, 15) is 9.59 Å². The van der Waals surface area contributed by atoms with E-state index in [2.05, 4.69) is 5.10 Å². The molecule has 4 rings (SSSR count). The van der Waals surface area contributed by atoms with E-state index >= 15 is 0 Å². The van der Waals surface area contributed by atoms with E-state index in [1.807, 2.05) is 44.2 Å². The van der Waals surface area contributed by atoms with E-state index in [1.54, 1.807) is 17.7 Å². The van der Waals surface area contributed by atoms with Gasteiger partial charge in [-0.25, -0.2) is 14.5 Å². The minimum atomic E-state index is -0.527. The van der Waals surface area contributed by atoms with Gasteiger partial charge in [0.1, 0.15) is 6.29 Å². The molecule has 29 heavy (non-hydrogen) atoms. The number of rotatable bonds is 4. The van der Waals surface area contributed by atoms with Crippen LogP contribution in [0.15, 0.2) is 42.0 Å². The van der Waals surface area contributed by atoms with Crippen molar-refractivity contribution in [3.8, 4) is 5.69 Å². The Labute approximate surface area is 173 Å². The summed E-state index contributed by atoms with van der Waals surface area (Å²) in [4.78, 5) is 29.0. The number of para-hydroxylation sites is 1. The Morgan fingerprint density at radius 1 is 1.31 bits per heavy atom. The molecule has 3 aromatic rings. The van der Waals surface area contributed by atoms with Crippen LogP contribution in [0.2, 0.25) is 0 Å². The van der Waals surface area contributed by atoms with Crippen LogP contribution in [0.4, 0.5) is 0 Å². The zero-order valence-electron chi connectivity index (χ0n) is 16.4. The summed E-state index contributed by atoms with van der Waals surface area (Å²) in [6.45, 7) is 5.91. The molecule has 1 aliphatic rings. The number of fused-ring (bicyclic) bond motifs is 2. The van der Waals surface area contributed by atoms with Gasteiger partial charge in [-0.05, 0) is 37.0 Å². The fourth-order valence-corrected chi connectivity index (χ4v) is 4.13. The average molecular weight is 410 g/mol. The molecule has 148 valence electrons. The third kappa shape index (κ3) is 3.13. The maximum atomic E-state index is 12.5. The van der Waals surface area contributed by atoms with E-state index in [0.29, 0.717) is 33.6 Å². The first-order valence-corrected chi connectivity index (χ1v) is 9.76. The molecule has 1 aromatic carbocycles. The molecule has 0 spiro atoms. The van der Waals surface area contributed by atoms with Gasteiger partial charge in [0.2, 0.25) is 0 Å². The molecular weight excluding hydrogens is 390 g/mol. The number of allylic oxidation sites excluding steroid dienone is 1. The highest BCUT2D eigenvalue weighted by molar-refractivity contribution is 6.51. The van der Waals surface area contributed by atoms with Crippen molar-refractivity contribution >= 4 is 39.9 Å². The molecule has 2 aromatic heterocycles. The van der Waals surface area contributed by atoms with Gasteiger partial charge >= 0.3 is 5.97 Å². The highest BCUT2D eigenvalue weighted by atomic mass is 35.5. The van der Waals surface area contributed by atoms with Crippen molar-refractivity contribution in [3.63, 3.8) is 0 Å². The number of hydrogen-bond donors (Lipinski definition) is 0. The van der Waals surface area contributed by atoms with E-state index in [4.69, 9.17) is 21.3 Å². The van der Waals surface area contributed by atoms with Crippen molar-refractivity contribution in [2.45, 2.75) is 27.2 Å². The first kappa shape index (κ1) is 19.3. The number of ether oxygens (including phenoxy) is 1. The molecule has 0 radical (unpaired) electrons. The summed E-state index contributed by atoms with van der Waals surface area (Å²) in [5, 5.41) is 5.40. The molecule has 6 nitrogen and oxygen atoms in total. The predicted molar refractivity (Wildman–Crippen MR) is 111 cm³/mol. The van der Waals surface area contributed by atoms with Crippen molar-refractivity contribution in [1.82, 2.24) is 14.8 Å². The van der Waals surface area contributed by atoms with Crippen LogP contribution in [-0.2, 0) is 16.0 Å². The van der Waals surface area contributed by atoms with Crippen LogP contribution in [0.5, 0.6) is 0 Å². The first-order chi connectivity index (χ1) is 13.9. The van der Waals surface area contributed by atoms with Gasteiger partial charge in [-0.3, -0.25) is 4.79 Å². The number of carbonyl (C=O) groups is 2. The smallest absolute Gasteiger partial charge is 0.359 e. The lowest BCUT2D eigenvalue weighted by molar-refractivity contribution is -0.105. The molecule has 0 atom stereocenters. The van der Waals surface area contributed by atoms with Crippen molar-refractivity contribution < 1.29 is 14.3 Å². The number of hydrogen-bond acceptors (Lipinski definition) is 5. The Kier molecular flexibility index (Phi) is 4.74. The normalized spacial score (nSPS) is 15.3. The summed E-state index contributed by atoms with van der Waals surface area (Å²) in [6.07, 6.45) is 1.35. The molecule has 0 fully saturated rings. The Morgan fingerprint density at radius 2 is 2.03 bits per heavy atom. The van der Waals surface area contributed by atoms with Gasteiger partial charge in [0.25, 0.3) is 0 Å². The molecule has 0 bridgehead atoms. The van der Waals surface area contributed by atoms with Crippen LogP contribution >= 0.6 is 11.6 Å². The maximum Gasteiger partial charge on any atom is 0.359 e. The number of aldehydes is 1. The Hall–Kier alpha value is -2.99. The maximum absolute atomic E-state index is 12.5. The molecular formula is C22H20ClN3O3. The van der Waals surface area contributed by atoms with Gasteiger partial charge < -0.3 is 4.74 Å². The van der Waals surface area contributed by atoms with E-state index in [0.717, 1.165) is 17.7 Å². The van der Waals surface area contributed by atoms with E-state index in [1.165, 1.54) is 0 Å². The highest BCUT2D eigenvalue weighted by Crippen LogP contribution is 2.43. The second-order valence-electron chi connectivity index (χ2n) is 7.58. The lowest BCUT2D eigenvalue weighted by Gasteiger charge is -2.31. The van der Waals surface area contributed by atoms with Crippen LogP contribution in [0.25, 0.3) is 21.8 Å². The fraction of sp³-hybridized carbons (Fsp3) is 0.273. The summed E-state index contributed by atoms with van der Waals surface area (Å²) < 4.78 is 6.83. The number of aromatic nitrogens is 3. The molecule has 7 heteroatoms. The molecule has 0 amide bonds. The lowest BCUT2D eigenvalue weighted by Crippen LogP contribution is -2.25. The van der Waals surface area contributed by atoms with E-state index < -0.39 is 11.4 Å². The van der Waals surface area contributed by atoms with Crippen molar-refractivity contribution in [2.24, 2.45) is 5.41 Å². The van der Waals surface area contributed by atoms with Gasteiger partial charge in [-0.15, -0.1) is 0 Å². The fourth-order valence-electron chi connectivity index (χ4n) is 3.67. The molecule has 0 N–H and O–H groups in total. The number of benzene rings is 1. The standard InChI is InChI=1S/C22H20ClN3O3/c1-4-29-21(28)19-15-10-14-17(11-22(2,3)16(12-27)18(14)23)24-20(15)26(25-19)13-8-6-5-7-9-13/h5-10,12H,4,11H2,1-3H3. The second-order valence-corrected chi connectivity index (χ2v) is 7.95. The van der Waals surface area contributed by atoms with Crippen molar-refractivity contribution in [1.29, 1.82) is 0 Å². The van der Waals surface area contributed by atoms with Crippen LogP contribution < -0.4 is 0 Å². The van der Waals surface area contributed by atoms with Gasteiger partial charge in [-0.2, -0.15) is 5.10 Å². The van der Waals surface area contributed by atoms with Crippen LogP contribution in [-0.4, -0.2) is 33.6 Å². The number of esters is 1. The van der Waals surface area contributed by atoms with Gasteiger partial charge in [0.05, 0.1) is 28.4 Å². The zero-order chi connectivity index (χ0) is 20.8. The van der Waals surface area contributed by atoms with Crippen molar-refractivity contribution in [3.05, 3.63) is 58.9 Å². The summed E-state index contributed by atoms with van der Waals surface area (Å²) in [5.41, 5.74) is 3.01. The van der Waals surface area contributed by atoms with Crippen LogP contribution in [0, 0.1) is 5.41 Å². The largest absolute Gasteiger partial charge is 0.461 e. The minimum absolute atomic E-state index is 0.169. The van der Waals surface area contributed by atoms with Crippen LogP contribution in [0.1, 0.15) is 42.5 Å². The quantitative estimate of drug-likeness (QED) is 0.473. The SMILES string of the molecule is CCOC(=O)c1nn(-c2ccccc2)c2nc3c(cc12)C(Cl)=C(C=O)C(C)(C)C3. The summed E-state index contributed by atoms with van der Waals surface area (Å²) >= 11 is 6.58. The third-order valence-corrected chi connectivity index (χ3v) is 5.54. The Balaban J connectivity index is 2.03. The molecule has 0 saturated heterocycles. The number of carbonyl (C=O) groups excluding carboxylic acids is 2. The highest BCUT2D eigenvalue weighted by Gasteiger charge is 2.35. The van der Waals surface area contributed by atoms with Crippen LogP contribution in [0.3, 0.4) is 0 Å². The average Bonchev–Trinajstić information content (AvgIpc) is 3.06. The third-order valence-electron chi connectivity index (χ3n) is 5.14. The molecule has 1 aliphatic carbocycles. The van der Waals surface area contributed by atoms with E-state index in [-0.39, 0.29) is 12.3 Å². The molecule has 0 unspecified atom stereocenters. The topological polar surface area (TPSA) is 74.1 Å². The summed E-state index contributed by atoms with van der Waals surface area (Å²) in [5.74, 6) is -0.527. The Morgan fingerprint density at radius 3 is 2.69 bits per heavy atom. The summed E-state index contributed by atoms with van der Waals surface area (Å²) in [6, 6.07) is 11.3. The summed E-state index contributed by atoms with van der Waals surface area (Å²) in [7, 11) is 0. The second kappa shape index (κ2) is 7.12.